The first kappa shape index (κ1) is 36.1. The first-order valence-corrected chi connectivity index (χ1v) is 21.4. The van der Waals surface area contributed by atoms with Crippen LogP contribution in [0.2, 0.25) is 0 Å². The number of rotatable bonds is 3. The van der Waals surface area contributed by atoms with Crippen LogP contribution in [0.1, 0.15) is 90.1 Å². The van der Waals surface area contributed by atoms with Gasteiger partial charge in [-0.25, -0.2) is 0 Å². The van der Waals surface area contributed by atoms with Crippen LogP contribution in [0.5, 0.6) is 0 Å². The molecule has 292 valence electrons. The average Bonchev–Trinajstić information content (AvgIpc) is 3.90. The van der Waals surface area contributed by atoms with Gasteiger partial charge in [-0.15, -0.1) is 0 Å². The Labute approximate surface area is 347 Å². The lowest BCUT2D eigenvalue weighted by atomic mass is 9.84. The number of nitrogens with zero attached hydrogens (tertiary/aromatic N) is 3. The number of benzene rings is 7. The first-order valence-electron chi connectivity index (χ1n) is 21.4. The number of para-hydroxylation sites is 1. The summed E-state index contributed by atoms with van der Waals surface area (Å²) in [5.74, 6) is 0. The highest BCUT2D eigenvalue weighted by Crippen LogP contribution is 2.48. The SMILES string of the molecule is Cc1ccc(C)c(N(c2ccccc2)c2ccc3c4cc(C(C)(C)C)cc5c6cc7c(cc6n(c3c2)c45)c2cc(C(C)(C)C)cc3c4cc(C(C)(C)C)ccc4n7c32)c1. The van der Waals surface area contributed by atoms with Gasteiger partial charge in [-0.3, -0.25) is 0 Å². The van der Waals surface area contributed by atoms with Crippen molar-refractivity contribution in [1.82, 2.24) is 8.80 Å². The third-order valence-electron chi connectivity index (χ3n) is 13.4. The molecule has 3 nitrogen and oxygen atoms in total. The van der Waals surface area contributed by atoms with Crippen molar-refractivity contribution in [2.75, 3.05) is 4.90 Å². The van der Waals surface area contributed by atoms with Gasteiger partial charge in [0.05, 0.1) is 33.1 Å². The Bertz CT molecular complexity index is 3500. The Morgan fingerprint density at radius 3 is 1.42 bits per heavy atom. The van der Waals surface area contributed by atoms with Gasteiger partial charge in [-0.05, 0) is 137 Å². The summed E-state index contributed by atoms with van der Waals surface area (Å²) in [6, 6.07) is 46.9. The number of anilines is 3. The van der Waals surface area contributed by atoms with Crippen molar-refractivity contribution in [1.29, 1.82) is 0 Å². The van der Waals surface area contributed by atoms with Crippen LogP contribution < -0.4 is 4.90 Å². The number of hydrogen-bond acceptors (Lipinski definition) is 1. The molecule has 11 aromatic rings. The van der Waals surface area contributed by atoms with Crippen molar-refractivity contribution >= 4 is 93.3 Å². The third-order valence-corrected chi connectivity index (χ3v) is 13.4. The number of aryl methyl sites for hydroxylation is 2. The van der Waals surface area contributed by atoms with E-state index in [1.54, 1.807) is 0 Å². The van der Waals surface area contributed by atoms with Crippen LogP contribution in [-0.2, 0) is 16.2 Å². The molecule has 0 saturated carbocycles. The second kappa shape index (κ2) is 11.8. The lowest BCUT2D eigenvalue weighted by Crippen LogP contribution is -2.11. The molecule has 0 unspecified atom stereocenters. The fourth-order valence-electron chi connectivity index (χ4n) is 10.0. The van der Waals surface area contributed by atoms with E-state index in [1.807, 2.05) is 0 Å². The lowest BCUT2D eigenvalue weighted by Gasteiger charge is -2.27. The van der Waals surface area contributed by atoms with E-state index < -0.39 is 0 Å². The van der Waals surface area contributed by atoms with Crippen LogP contribution in [0.3, 0.4) is 0 Å². The quantitative estimate of drug-likeness (QED) is 0.174. The maximum Gasteiger partial charge on any atom is 0.0620 e. The van der Waals surface area contributed by atoms with E-state index in [0.29, 0.717) is 0 Å². The van der Waals surface area contributed by atoms with Crippen LogP contribution in [0.15, 0.2) is 121 Å². The molecule has 0 N–H and O–H groups in total. The zero-order chi connectivity index (χ0) is 41.1. The summed E-state index contributed by atoms with van der Waals surface area (Å²) in [6.07, 6.45) is 0. The first-order chi connectivity index (χ1) is 28.0. The predicted molar refractivity (Wildman–Crippen MR) is 256 cm³/mol. The molecule has 4 aromatic heterocycles. The van der Waals surface area contributed by atoms with Crippen LogP contribution in [-0.4, -0.2) is 8.80 Å². The second-order valence-electron chi connectivity index (χ2n) is 20.5. The second-order valence-corrected chi connectivity index (χ2v) is 20.5. The summed E-state index contributed by atoms with van der Waals surface area (Å²) in [5, 5.41) is 10.6. The fourth-order valence-corrected chi connectivity index (χ4v) is 10.0. The Morgan fingerprint density at radius 2 is 0.864 bits per heavy atom. The van der Waals surface area contributed by atoms with Crippen molar-refractivity contribution in [2.24, 2.45) is 0 Å². The highest BCUT2D eigenvalue weighted by Gasteiger charge is 2.28. The summed E-state index contributed by atoms with van der Waals surface area (Å²) in [6.45, 7) is 25.4. The van der Waals surface area contributed by atoms with Crippen molar-refractivity contribution in [3.8, 4) is 0 Å². The molecule has 0 spiro atoms. The highest BCUT2D eigenvalue weighted by atomic mass is 15.1. The minimum absolute atomic E-state index is 0.000700. The summed E-state index contributed by atoms with van der Waals surface area (Å²) >= 11 is 0. The average molecular weight is 768 g/mol. The van der Waals surface area contributed by atoms with E-state index in [2.05, 4.69) is 211 Å². The fraction of sp³-hybridized carbons (Fsp3) is 0.250. The Balaban J connectivity index is 1.29. The van der Waals surface area contributed by atoms with E-state index in [4.69, 9.17) is 0 Å². The molecule has 0 aliphatic carbocycles. The van der Waals surface area contributed by atoms with E-state index in [1.165, 1.54) is 110 Å². The molecule has 0 bridgehead atoms. The number of hydrogen-bond donors (Lipinski definition) is 0. The van der Waals surface area contributed by atoms with Gasteiger partial charge < -0.3 is 13.7 Å². The molecule has 3 heteroatoms. The molecule has 0 aliphatic rings. The minimum atomic E-state index is -0.0154. The monoisotopic (exact) mass is 767 g/mol. The Morgan fingerprint density at radius 1 is 0.373 bits per heavy atom. The van der Waals surface area contributed by atoms with E-state index in [-0.39, 0.29) is 16.2 Å². The normalized spacial score (nSPS) is 13.3. The van der Waals surface area contributed by atoms with Gasteiger partial charge in [0.25, 0.3) is 0 Å². The predicted octanol–water partition coefficient (Wildman–Crippen LogP) is 16.0. The minimum Gasteiger partial charge on any atom is -0.310 e. The van der Waals surface area contributed by atoms with Crippen LogP contribution >= 0.6 is 0 Å². The van der Waals surface area contributed by atoms with Crippen LogP contribution in [0, 0.1) is 13.8 Å². The molecule has 0 saturated heterocycles. The molecule has 7 aromatic carbocycles. The van der Waals surface area contributed by atoms with Gasteiger partial charge in [0.1, 0.15) is 0 Å². The standard InChI is InChI=1S/C56H53N3/c1-32-17-18-33(2)48(23-32)57(37-15-13-12-14-16-37)38-20-21-39-43-25-35(55(6,7)8)27-45-42-30-50-41(31-51(42)59(52(43)45)49(39)29-38)46-28-36(56(9,10)11)26-44-40-24-34(54(3,4)5)19-22-47(40)58(50)53(44)46/h12-31H,1-11H3. The Kier molecular flexibility index (Phi) is 7.20. The van der Waals surface area contributed by atoms with Crippen molar-refractivity contribution in [3.05, 3.63) is 149 Å². The topological polar surface area (TPSA) is 12.1 Å². The van der Waals surface area contributed by atoms with Gasteiger partial charge in [0.2, 0.25) is 0 Å². The number of fused-ring (bicyclic) bond motifs is 12. The van der Waals surface area contributed by atoms with E-state index in [9.17, 15) is 0 Å². The zero-order valence-electron chi connectivity index (χ0n) is 36.4. The van der Waals surface area contributed by atoms with Crippen LogP contribution in [0.4, 0.5) is 17.1 Å². The van der Waals surface area contributed by atoms with Gasteiger partial charge >= 0.3 is 0 Å². The molecular weight excluding hydrogens is 715 g/mol. The van der Waals surface area contributed by atoms with Gasteiger partial charge in [0.15, 0.2) is 0 Å². The number of aromatic nitrogens is 2. The highest BCUT2D eigenvalue weighted by molar-refractivity contribution is 6.29. The lowest BCUT2D eigenvalue weighted by molar-refractivity contribution is 0.590. The van der Waals surface area contributed by atoms with Crippen molar-refractivity contribution < 1.29 is 0 Å². The Hall–Kier alpha value is -6.06. The maximum atomic E-state index is 2.59. The summed E-state index contributed by atoms with van der Waals surface area (Å²) in [5.41, 5.74) is 17.9. The largest absolute Gasteiger partial charge is 0.310 e. The molecular formula is C56H53N3. The van der Waals surface area contributed by atoms with Gasteiger partial charge in [0, 0.05) is 60.2 Å². The summed E-state index contributed by atoms with van der Waals surface area (Å²) < 4.78 is 5.16. The maximum absolute atomic E-state index is 2.59. The van der Waals surface area contributed by atoms with Crippen LogP contribution in [0.25, 0.3) is 76.2 Å². The molecule has 0 fully saturated rings. The smallest absolute Gasteiger partial charge is 0.0620 e. The van der Waals surface area contributed by atoms with Crippen molar-refractivity contribution in [2.45, 2.75) is 92.4 Å². The zero-order valence-corrected chi connectivity index (χ0v) is 36.4. The molecule has 0 atom stereocenters. The third kappa shape index (κ3) is 5.13. The summed E-state index contributed by atoms with van der Waals surface area (Å²) in [4.78, 5) is 2.44. The molecule has 59 heavy (non-hydrogen) atoms. The molecule has 0 amide bonds. The van der Waals surface area contributed by atoms with Crippen molar-refractivity contribution in [3.63, 3.8) is 0 Å². The summed E-state index contributed by atoms with van der Waals surface area (Å²) in [7, 11) is 0. The molecule has 11 rings (SSSR count). The van der Waals surface area contributed by atoms with Gasteiger partial charge in [-0.2, -0.15) is 0 Å². The van der Waals surface area contributed by atoms with Gasteiger partial charge in [-0.1, -0.05) is 105 Å². The molecule has 0 aliphatic heterocycles. The van der Waals surface area contributed by atoms with E-state index >= 15 is 0 Å². The molecule has 0 radical (unpaired) electrons. The van der Waals surface area contributed by atoms with E-state index in [0.717, 1.165) is 11.4 Å². The molecule has 4 heterocycles.